The van der Waals surface area contributed by atoms with Crippen molar-refractivity contribution in [3.05, 3.63) is 29.8 Å². The second kappa shape index (κ2) is 6.53. The fraction of sp³-hybridized carbons (Fsp3) is 0.538. The van der Waals surface area contributed by atoms with E-state index < -0.39 is 0 Å². The number of thioether (sulfide) groups is 1. The Hall–Kier alpha value is -0.180. The van der Waals surface area contributed by atoms with Crippen molar-refractivity contribution in [3.8, 4) is 0 Å². The van der Waals surface area contributed by atoms with Crippen molar-refractivity contribution in [1.82, 2.24) is 5.32 Å². The Morgan fingerprint density at radius 2 is 1.94 bits per heavy atom. The van der Waals surface area contributed by atoms with E-state index in [1.165, 1.54) is 23.3 Å². The normalized spacial score (nSPS) is 16.6. The van der Waals surface area contributed by atoms with Gasteiger partial charge in [0.15, 0.2) is 0 Å². The highest BCUT2D eigenvalue weighted by Gasteiger charge is 2.22. The van der Waals surface area contributed by atoms with E-state index in [0.717, 1.165) is 12.5 Å². The molecule has 0 saturated heterocycles. The molecule has 1 fully saturated rings. The summed E-state index contributed by atoms with van der Waals surface area (Å²) in [6.07, 6.45) is 6.00. The van der Waals surface area contributed by atoms with Crippen molar-refractivity contribution < 1.29 is 0 Å². The molecular formula is C13H20ClNS. The zero-order valence-corrected chi connectivity index (χ0v) is 11.5. The lowest BCUT2D eigenvalue weighted by Crippen LogP contribution is -2.29. The summed E-state index contributed by atoms with van der Waals surface area (Å²) in [4.78, 5) is 1.35. The molecular weight excluding hydrogens is 238 g/mol. The minimum atomic E-state index is 0. The van der Waals surface area contributed by atoms with Crippen molar-refractivity contribution in [2.45, 2.75) is 43.2 Å². The van der Waals surface area contributed by atoms with E-state index >= 15 is 0 Å². The van der Waals surface area contributed by atoms with Gasteiger partial charge in [-0.1, -0.05) is 12.1 Å². The number of rotatable bonds is 5. The maximum Gasteiger partial charge on any atom is 0.00817 e. The Bertz CT molecular complexity index is 308. The van der Waals surface area contributed by atoms with Crippen molar-refractivity contribution in [2.24, 2.45) is 0 Å². The number of benzene rings is 1. The molecule has 1 saturated carbocycles. The Balaban J connectivity index is 0.00000128. The predicted octanol–water partition coefficient (Wildman–Crippen LogP) is 3.51. The van der Waals surface area contributed by atoms with E-state index in [1.54, 1.807) is 11.8 Å². The van der Waals surface area contributed by atoms with Crippen molar-refractivity contribution in [1.29, 1.82) is 0 Å². The first kappa shape index (κ1) is 13.9. The Labute approximate surface area is 109 Å². The molecule has 16 heavy (non-hydrogen) atoms. The van der Waals surface area contributed by atoms with Gasteiger partial charge in [-0.15, -0.1) is 24.2 Å². The minimum Gasteiger partial charge on any atom is -0.311 e. The maximum absolute atomic E-state index is 3.63. The number of halogens is 1. The quantitative estimate of drug-likeness (QED) is 0.811. The van der Waals surface area contributed by atoms with Crippen LogP contribution in [0.2, 0.25) is 0 Å². The standard InChI is InChI=1S/C13H19NS.ClH/c1-10(14-12-5-6-12)9-11-3-7-13(15-2)8-4-11;/h3-4,7-8,10,12,14H,5-6,9H2,1-2H3;1H. The van der Waals surface area contributed by atoms with Crippen LogP contribution in [0.5, 0.6) is 0 Å². The van der Waals surface area contributed by atoms with Gasteiger partial charge in [-0.2, -0.15) is 0 Å². The van der Waals surface area contributed by atoms with Crippen molar-refractivity contribution in [2.75, 3.05) is 6.26 Å². The highest BCUT2D eigenvalue weighted by atomic mass is 35.5. The SMILES string of the molecule is CSc1ccc(CC(C)NC2CC2)cc1.Cl. The van der Waals surface area contributed by atoms with Crippen LogP contribution in [0.25, 0.3) is 0 Å². The molecule has 1 unspecified atom stereocenters. The lowest BCUT2D eigenvalue weighted by molar-refractivity contribution is 0.542. The maximum atomic E-state index is 3.63. The van der Waals surface area contributed by atoms with Crippen LogP contribution < -0.4 is 5.32 Å². The van der Waals surface area contributed by atoms with Gasteiger partial charge in [0, 0.05) is 17.0 Å². The molecule has 0 heterocycles. The van der Waals surface area contributed by atoms with Gasteiger partial charge in [-0.3, -0.25) is 0 Å². The van der Waals surface area contributed by atoms with Gasteiger partial charge < -0.3 is 5.32 Å². The van der Waals surface area contributed by atoms with Gasteiger partial charge >= 0.3 is 0 Å². The summed E-state index contributed by atoms with van der Waals surface area (Å²) in [5.74, 6) is 0. The predicted molar refractivity (Wildman–Crippen MR) is 74.8 cm³/mol. The van der Waals surface area contributed by atoms with E-state index in [9.17, 15) is 0 Å². The molecule has 3 heteroatoms. The van der Waals surface area contributed by atoms with Crippen LogP contribution in [0.1, 0.15) is 25.3 Å². The van der Waals surface area contributed by atoms with Crippen LogP contribution in [-0.4, -0.2) is 18.3 Å². The smallest absolute Gasteiger partial charge is 0.00817 e. The molecule has 1 atom stereocenters. The molecule has 1 N–H and O–H groups in total. The second-order valence-electron chi connectivity index (χ2n) is 4.39. The van der Waals surface area contributed by atoms with Crippen LogP contribution >= 0.6 is 24.2 Å². The van der Waals surface area contributed by atoms with Gasteiger partial charge in [-0.05, 0) is 50.1 Å². The molecule has 1 aromatic rings. The summed E-state index contributed by atoms with van der Waals surface area (Å²) in [7, 11) is 0. The van der Waals surface area contributed by atoms with Crippen LogP contribution in [0.15, 0.2) is 29.2 Å². The van der Waals surface area contributed by atoms with Crippen LogP contribution in [0.4, 0.5) is 0 Å². The van der Waals surface area contributed by atoms with Crippen molar-refractivity contribution >= 4 is 24.2 Å². The van der Waals surface area contributed by atoms with Crippen LogP contribution in [-0.2, 0) is 6.42 Å². The first-order valence-corrected chi connectivity index (χ1v) is 6.89. The van der Waals surface area contributed by atoms with Gasteiger partial charge in [0.05, 0.1) is 0 Å². The first-order valence-electron chi connectivity index (χ1n) is 5.67. The van der Waals surface area contributed by atoms with Crippen LogP contribution in [0, 0.1) is 0 Å². The molecule has 0 aromatic heterocycles. The molecule has 1 aliphatic carbocycles. The fourth-order valence-corrected chi connectivity index (χ4v) is 2.23. The summed E-state index contributed by atoms with van der Waals surface area (Å²) < 4.78 is 0. The van der Waals surface area contributed by atoms with E-state index in [2.05, 4.69) is 42.8 Å². The monoisotopic (exact) mass is 257 g/mol. The molecule has 1 aliphatic rings. The highest BCUT2D eigenvalue weighted by molar-refractivity contribution is 7.98. The van der Waals surface area contributed by atoms with Crippen molar-refractivity contribution in [3.63, 3.8) is 0 Å². The number of hydrogen-bond acceptors (Lipinski definition) is 2. The Kier molecular flexibility index (Phi) is 5.67. The third-order valence-corrected chi connectivity index (χ3v) is 3.54. The molecule has 1 nitrogen and oxygen atoms in total. The zero-order valence-electron chi connectivity index (χ0n) is 9.90. The molecule has 0 radical (unpaired) electrons. The fourth-order valence-electron chi connectivity index (χ4n) is 1.83. The summed E-state index contributed by atoms with van der Waals surface area (Å²) in [6.45, 7) is 2.28. The number of hydrogen-bond donors (Lipinski definition) is 1. The van der Waals surface area contributed by atoms with Gasteiger partial charge in [0.1, 0.15) is 0 Å². The lowest BCUT2D eigenvalue weighted by atomic mass is 10.1. The molecule has 90 valence electrons. The largest absolute Gasteiger partial charge is 0.311 e. The van der Waals surface area contributed by atoms with Gasteiger partial charge in [0.25, 0.3) is 0 Å². The highest BCUT2D eigenvalue weighted by Crippen LogP contribution is 2.20. The Morgan fingerprint density at radius 1 is 1.31 bits per heavy atom. The average molecular weight is 258 g/mol. The van der Waals surface area contributed by atoms with E-state index in [4.69, 9.17) is 0 Å². The topological polar surface area (TPSA) is 12.0 Å². The number of nitrogens with one attached hydrogen (secondary N) is 1. The van der Waals surface area contributed by atoms with E-state index in [0.29, 0.717) is 6.04 Å². The van der Waals surface area contributed by atoms with Gasteiger partial charge in [0.2, 0.25) is 0 Å². The first-order chi connectivity index (χ1) is 7.28. The average Bonchev–Trinajstić information content (AvgIpc) is 3.03. The summed E-state index contributed by atoms with van der Waals surface area (Å²) >= 11 is 1.80. The molecule has 0 amide bonds. The summed E-state index contributed by atoms with van der Waals surface area (Å²) in [6, 6.07) is 10.3. The lowest BCUT2D eigenvalue weighted by Gasteiger charge is -2.13. The third-order valence-electron chi connectivity index (χ3n) is 2.80. The summed E-state index contributed by atoms with van der Waals surface area (Å²) in [5, 5.41) is 3.63. The molecule has 0 bridgehead atoms. The molecule has 2 rings (SSSR count). The summed E-state index contributed by atoms with van der Waals surface area (Å²) in [5.41, 5.74) is 1.44. The van der Waals surface area contributed by atoms with E-state index in [-0.39, 0.29) is 12.4 Å². The third kappa shape index (κ3) is 4.36. The van der Waals surface area contributed by atoms with E-state index in [1.807, 2.05) is 0 Å². The molecule has 0 aliphatic heterocycles. The Morgan fingerprint density at radius 3 is 2.44 bits per heavy atom. The molecule has 1 aromatic carbocycles. The minimum absolute atomic E-state index is 0. The molecule has 0 spiro atoms. The van der Waals surface area contributed by atoms with Gasteiger partial charge in [-0.25, -0.2) is 0 Å². The second-order valence-corrected chi connectivity index (χ2v) is 5.27. The zero-order chi connectivity index (χ0) is 10.7. The van der Waals surface area contributed by atoms with Crippen LogP contribution in [0.3, 0.4) is 0 Å².